The molecule has 0 aliphatic carbocycles. The predicted octanol–water partition coefficient (Wildman–Crippen LogP) is 2.42. The largest absolute Gasteiger partial charge is 0.478 e. The van der Waals surface area contributed by atoms with Gasteiger partial charge in [0.25, 0.3) is 5.91 Å². The first-order valence-electron chi connectivity index (χ1n) is 7.00. The van der Waals surface area contributed by atoms with Gasteiger partial charge in [0.15, 0.2) is 0 Å². The topological polar surface area (TPSA) is 79.3 Å². The molecule has 0 saturated carbocycles. The number of carbonyl (C=O) groups excluding carboxylic acids is 1. The first-order valence-corrected chi connectivity index (χ1v) is 7.00. The average molecular weight is 308 g/mol. The van der Waals surface area contributed by atoms with Crippen molar-refractivity contribution in [3.63, 3.8) is 0 Å². The summed E-state index contributed by atoms with van der Waals surface area (Å²) in [4.78, 5) is 26.9. The number of nitrogens with one attached hydrogen (secondary N) is 1. The highest BCUT2D eigenvalue weighted by molar-refractivity contribution is 6.01. The molecule has 2 rings (SSSR count). The van der Waals surface area contributed by atoms with E-state index in [2.05, 4.69) is 10.3 Å². The number of carbonyl (C=O) groups is 2. The highest BCUT2D eigenvalue weighted by Gasteiger charge is 2.07. The summed E-state index contributed by atoms with van der Waals surface area (Å²) in [6, 6.07) is 12.8. The molecule has 1 aromatic carbocycles. The van der Waals surface area contributed by atoms with Gasteiger partial charge in [-0.3, -0.25) is 9.78 Å². The zero-order valence-electron chi connectivity index (χ0n) is 12.3. The highest BCUT2D eigenvalue weighted by Crippen LogP contribution is 2.09. The van der Waals surface area contributed by atoms with Gasteiger partial charge >= 0.3 is 5.97 Å². The second kappa shape index (κ2) is 8.29. The van der Waals surface area contributed by atoms with E-state index in [4.69, 9.17) is 5.11 Å². The van der Waals surface area contributed by atoms with Gasteiger partial charge in [-0.05, 0) is 35.4 Å². The molecular weight excluding hydrogens is 292 g/mol. The van der Waals surface area contributed by atoms with Gasteiger partial charge in [-0.1, -0.05) is 30.3 Å². The molecule has 0 spiro atoms. The maximum atomic E-state index is 12.3. The summed E-state index contributed by atoms with van der Waals surface area (Å²) in [5.41, 5.74) is 2.00. The van der Waals surface area contributed by atoms with Gasteiger partial charge in [0, 0.05) is 30.6 Å². The minimum Gasteiger partial charge on any atom is -0.478 e. The van der Waals surface area contributed by atoms with E-state index in [9.17, 15) is 9.59 Å². The first kappa shape index (κ1) is 16.2. The van der Waals surface area contributed by atoms with Crippen LogP contribution in [0.2, 0.25) is 0 Å². The van der Waals surface area contributed by atoms with E-state index in [1.54, 1.807) is 30.6 Å². The van der Waals surface area contributed by atoms with Crippen LogP contribution < -0.4 is 5.32 Å². The maximum absolute atomic E-state index is 12.3. The van der Waals surface area contributed by atoms with Crippen LogP contribution in [0.5, 0.6) is 0 Å². The lowest BCUT2D eigenvalue weighted by Gasteiger charge is -2.06. The van der Waals surface area contributed by atoms with E-state index in [0.717, 1.165) is 17.2 Å². The number of aliphatic carboxylic acids is 1. The fourth-order valence-corrected chi connectivity index (χ4v) is 1.86. The number of carboxylic acid groups (broad SMARTS) is 1. The quantitative estimate of drug-likeness (QED) is 0.634. The molecule has 0 aliphatic rings. The third-order valence-electron chi connectivity index (χ3n) is 2.99. The molecule has 23 heavy (non-hydrogen) atoms. The number of hydrogen-bond donors (Lipinski definition) is 2. The zero-order chi connectivity index (χ0) is 16.5. The van der Waals surface area contributed by atoms with E-state index >= 15 is 0 Å². The molecule has 5 heteroatoms. The highest BCUT2D eigenvalue weighted by atomic mass is 16.4. The number of nitrogens with zero attached hydrogens (tertiary/aromatic N) is 1. The van der Waals surface area contributed by atoms with Crippen LogP contribution in [0, 0.1) is 0 Å². The van der Waals surface area contributed by atoms with Gasteiger partial charge in [0.1, 0.15) is 0 Å². The molecule has 0 unspecified atom stereocenters. The first-order chi connectivity index (χ1) is 11.1. The lowest BCUT2D eigenvalue weighted by atomic mass is 10.1. The van der Waals surface area contributed by atoms with E-state index in [0.29, 0.717) is 6.54 Å². The molecule has 0 bridgehead atoms. The molecule has 0 fully saturated rings. The minimum absolute atomic E-state index is 0.271. The normalized spacial score (nSPS) is 11.4. The zero-order valence-corrected chi connectivity index (χ0v) is 12.3. The monoisotopic (exact) mass is 308 g/mol. The Morgan fingerprint density at radius 1 is 1.04 bits per heavy atom. The van der Waals surface area contributed by atoms with Crippen LogP contribution in [0.25, 0.3) is 6.08 Å². The molecule has 1 heterocycles. The summed E-state index contributed by atoms with van der Waals surface area (Å²) in [7, 11) is 0. The number of carboxylic acids is 1. The Kier molecular flexibility index (Phi) is 5.82. The third kappa shape index (κ3) is 5.59. The summed E-state index contributed by atoms with van der Waals surface area (Å²) < 4.78 is 0. The van der Waals surface area contributed by atoms with Crippen LogP contribution in [0.15, 0.2) is 72.6 Å². The van der Waals surface area contributed by atoms with E-state index in [1.165, 1.54) is 6.08 Å². The molecule has 2 N–H and O–H groups in total. The molecule has 0 atom stereocenters. The summed E-state index contributed by atoms with van der Waals surface area (Å²) >= 11 is 0. The number of hydrogen-bond acceptors (Lipinski definition) is 3. The Labute approximate surface area is 134 Å². The number of aromatic nitrogens is 1. The van der Waals surface area contributed by atoms with Crippen LogP contribution >= 0.6 is 0 Å². The summed E-state index contributed by atoms with van der Waals surface area (Å²) in [5.74, 6) is -1.45. The molecule has 5 nitrogen and oxygen atoms in total. The molecule has 0 saturated heterocycles. The predicted molar refractivity (Wildman–Crippen MR) is 87.3 cm³/mol. The Bertz CT molecular complexity index is 722. The van der Waals surface area contributed by atoms with Gasteiger partial charge in [-0.25, -0.2) is 4.79 Å². The van der Waals surface area contributed by atoms with Crippen molar-refractivity contribution in [3.05, 3.63) is 83.7 Å². The number of rotatable bonds is 6. The van der Waals surface area contributed by atoms with Crippen LogP contribution in [-0.2, 0) is 16.1 Å². The van der Waals surface area contributed by atoms with E-state index in [1.807, 2.05) is 30.3 Å². The summed E-state index contributed by atoms with van der Waals surface area (Å²) in [5, 5.41) is 11.5. The minimum atomic E-state index is -1.11. The van der Waals surface area contributed by atoms with Crippen molar-refractivity contribution in [2.24, 2.45) is 0 Å². The van der Waals surface area contributed by atoms with Gasteiger partial charge in [0.2, 0.25) is 0 Å². The molecule has 1 aromatic heterocycles. The van der Waals surface area contributed by atoms with E-state index < -0.39 is 5.97 Å². The van der Waals surface area contributed by atoms with Crippen molar-refractivity contribution < 1.29 is 14.7 Å². The fourth-order valence-electron chi connectivity index (χ4n) is 1.86. The van der Waals surface area contributed by atoms with Crippen LogP contribution in [0.1, 0.15) is 11.1 Å². The second-order valence-corrected chi connectivity index (χ2v) is 4.72. The number of benzene rings is 1. The molecule has 116 valence electrons. The smallest absolute Gasteiger partial charge is 0.328 e. The molecule has 2 aromatic rings. The van der Waals surface area contributed by atoms with Crippen LogP contribution in [0.4, 0.5) is 0 Å². The Morgan fingerprint density at radius 2 is 1.74 bits per heavy atom. The van der Waals surface area contributed by atoms with Crippen molar-refractivity contribution in [1.29, 1.82) is 0 Å². The van der Waals surface area contributed by atoms with Gasteiger partial charge in [-0.2, -0.15) is 0 Å². The van der Waals surface area contributed by atoms with Crippen molar-refractivity contribution in [3.8, 4) is 0 Å². The lowest BCUT2D eigenvalue weighted by molar-refractivity contribution is -0.131. The molecule has 1 amide bonds. The maximum Gasteiger partial charge on any atom is 0.328 e. The summed E-state index contributed by atoms with van der Waals surface area (Å²) in [6.45, 7) is 0.342. The fraction of sp³-hybridized carbons (Fsp3) is 0.0556. The van der Waals surface area contributed by atoms with Gasteiger partial charge in [0.05, 0.1) is 0 Å². The number of pyridine rings is 1. The Morgan fingerprint density at radius 3 is 2.39 bits per heavy atom. The standard InChI is InChI=1S/C18H16N2O3/c21-17(22)7-6-16(12-14-4-2-1-3-5-14)18(23)20-13-15-8-10-19-11-9-15/h1-12H,13H2,(H,20,23)(H,21,22)/b7-6+,16-12+. The Hall–Kier alpha value is -3.21. The number of amides is 1. The SMILES string of the molecule is O=C(O)/C=C/C(=C\c1ccccc1)C(=O)NCc1ccncc1. The summed E-state index contributed by atoms with van der Waals surface area (Å²) in [6.07, 6.45) is 7.17. The van der Waals surface area contributed by atoms with Gasteiger partial charge < -0.3 is 10.4 Å². The van der Waals surface area contributed by atoms with Crippen molar-refractivity contribution in [2.45, 2.75) is 6.54 Å². The van der Waals surface area contributed by atoms with Crippen LogP contribution in [-0.4, -0.2) is 22.0 Å². The van der Waals surface area contributed by atoms with Crippen molar-refractivity contribution in [2.75, 3.05) is 0 Å². The third-order valence-corrected chi connectivity index (χ3v) is 2.99. The Balaban J connectivity index is 2.14. The van der Waals surface area contributed by atoms with Crippen molar-refractivity contribution in [1.82, 2.24) is 10.3 Å². The molecular formula is C18H16N2O3. The lowest BCUT2D eigenvalue weighted by Crippen LogP contribution is -2.23. The molecule has 0 aliphatic heterocycles. The second-order valence-electron chi connectivity index (χ2n) is 4.72. The van der Waals surface area contributed by atoms with Crippen molar-refractivity contribution >= 4 is 18.0 Å². The van der Waals surface area contributed by atoms with Crippen LogP contribution in [0.3, 0.4) is 0 Å². The van der Waals surface area contributed by atoms with E-state index in [-0.39, 0.29) is 11.5 Å². The average Bonchev–Trinajstić information content (AvgIpc) is 2.58. The van der Waals surface area contributed by atoms with Gasteiger partial charge in [-0.15, -0.1) is 0 Å². The molecule has 0 radical (unpaired) electrons.